The van der Waals surface area contributed by atoms with Crippen molar-refractivity contribution in [3.8, 4) is 11.8 Å². The maximum absolute atomic E-state index is 13.0. The monoisotopic (exact) mass is 341 g/mol. The topological polar surface area (TPSA) is 92.1 Å². The van der Waals surface area contributed by atoms with Crippen LogP contribution in [0.4, 0.5) is 10.2 Å². The van der Waals surface area contributed by atoms with Gasteiger partial charge in [0.25, 0.3) is 5.91 Å². The molecular weight excluding hydrogens is 325 g/mol. The first kappa shape index (κ1) is 18.1. The Labute approximate surface area is 144 Å². The van der Waals surface area contributed by atoms with Gasteiger partial charge in [-0.3, -0.25) is 9.59 Å². The van der Waals surface area contributed by atoms with Crippen LogP contribution in [0.3, 0.4) is 0 Å². The van der Waals surface area contributed by atoms with Gasteiger partial charge in [-0.05, 0) is 30.7 Å². The van der Waals surface area contributed by atoms with Gasteiger partial charge in [0, 0.05) is 18.7 Å². The quantitative estimate of drug-likeness (QED) is 0.589. The van der Waals surface area contributed by atoms with Crippen molar-refractivity contribution in [1.82, 2.24) is 4.98 Å². The molecule has 0 aliphatic rings. The highest BCUT2D eigenvalue weighted by Gasteiger charge is 2.26. The van der Waals surface area contributed by atoms with Crippen molar-refractivity contribution in [2.45, 2.75) is 12.8 Å². The molecule has 0 saturated carbocycles. The van der Waals surface area contributed by atoms with E-state index in [2.05, 4.69) is 10.3 Å². The molecule has 0 aliphatic carbocycles. The molecule has 0 fully saturated rings. The average molecular weight is 341 g/mol. The second-order valence-electron chi connectivity index (χ2n) is 5.14. The summed E-state index contributed by atoms with van der Waals surface area (Å²) in [5.41, 5.74) is 0. The summed E-state index contributed by atoms with van der Waals surface area (Å²) in [5.74, 6) is -2.40. The fourth-order valence-corrected chi connectivity index (χ4v) is 2.05. The minimum atomic E-state index is -1.41. The van der Waals surface area contributed by atoms with Gasteiger partial charge in [-0.15, -0.1) is 0 Å². The van der Waals surface area contributed by atoms with Gasteiger partial charge in [0.1, 0.15) is 17.4 Å². The summed E-state index contributed by atoms with van der Waals surface area (Å²) in [6, 6.07) is 12.3. The van der Waals surface area contributed by atoms with Gasteiger partial charge in [-0.2, -0.15) is 5.26 Å². The van der Waals surface area contributed by atoms with Crippen LogP contribution in [0.1, 0.15) is 12.8 Å². The van der Waals surface area contributed by atoms with Gasteiger partial charge in [-0.25, -0.2) is 9.37 Å². The molecule has 1 N–H and O–H groups in total. The molecule has 0 spiro atoms. The number of hydrogen-bond acceptors (Lipinski definition) is 5. The summed E-state index contributed by atoms with van der Waals surface area (Å²) in [6.45, 7) is 0.176. The molecule has 2 rings (SSSR count). The molecule has 1 atom stereocenters. The Morgan fingerprint density at radius 2 is 2.12 bits per heavy atom. The second kappa shape index (κ2) is 9.13. The number of halogens is 1. The predicted octanol–water partition coefficient (Wildman–Crippen LogP) is 2.73. The Hall–Kier alpha value is -3.27. The van der Waals surface area contributed by atoms with Crippen LogP contribution in [0.5, 0.6) is 5.75 Å². The lowest BCUT2D eigenvalue weighted by molar-refractivity contribution is -0.129. The number of carbonyl (C=O) groups excluding carboxylic acids is 2. The summed E-state index contributed by atoms with van der Waals surface area (Å²) in [4.78, 5) is 28.0. The lowest BCUT2D eigenvalue weighted by atomic mass is 10.0. The van der Waals surface area contributed by atoms with E-state index in [1.165, 1.54) is 24.4 Å². The minimum absolute atomic E-state index is 0.00316. The number of carbonyl (C=O) groups is 2. The third-order valence-electron chi connectivity index (χ3n) is 3.26. The van der Waals surface area contributed by atoms with Crippen LogP contribution in [0.25, 0.3) is 0 Å². The van der Waals surface area contributed by atoms with Gasteiger partial charge in [0.2, 0.25) is 0 Å². The molecule has 0 bridgehead atoms. The van der Waals surface area contributed by atoms with Crippen LogP contribution in [-0.4, -0.2) is 23.3 Å². The summed E-state index contributed by atoms with van der Waals surface area (Å²) < 4.78 is 18.3. The number of amides is 1. The van der Waals surface area contributed by atoms with E-state index in [9.17, 15) is 14.0 Å². The number of Topliss-reactive ketones (excluding diaryl/α,β-unsaturated/α-hetero) is 1. The molecule has 7 heteroatoms. The number of nitrogens with zero attached hydrogens (tertiary/aromatic N) is 2. The first-order valence-corrected chi connectivity index (χ1v) is 7.63. The lowest BCUT2D eigenvalue weighted by Crippen LogP contribution is -2.29. The second-order valence-corrected chi connectivity index (χ2v) is 5.14. The van der Waals surface area contributed by atoms with Gasteiger partial charge in [0.05, 0.1) is 12.7 Å². The summed E-state index contributed by atoms with van der Waals surface area (Å²) in [5, 5.41) is 11.5. The Morgan fingerprint density at radius 3 is 2.80 bits per heavy atom. The third kappa shape index (κ3) is 5.70. The third-order valence-corrected chi connectivity index (χ3v) is 3.26. The molecule has 1 aromatic heterocycles. The fraction of sp³-hybridized carbons (Fsp3) is 0.222. The molecule has 1 heterocycles. The molecule has 1 unspecified atom stereocenters. The molecule has 0 aliphatic heterocycles. The smallest absolute Gasteiger partial charge is 0.250 e. The van der Waals surface area contributed by atoms with E-state index < -0.39 is 23.4 Å². The zero-order valence-corrected chi connectivity index (χ0v) is 13.3. The molecule has 1 aromatic carbocycles. The van der Waals surface area contributed by atoms with Crippen LogP contribution in [0.15, 0.2) is 48.7 Å². The number of hydrogen-bond donors (Lipinski definition) is 1. The maximum Gasteiger partial charge on any atom is 0.250 e. The van der Waals surface area contributed by atoms with Crippen molar-refractivity contribution in [3.05, 3.63) is 54.5 Å². The maximum atomic E-state index is 13.0. The number of rotatable bonds is 8. The molecule has 0 radical (unpaired) electrons. The highest BCUT2D eigenvalue weighted by atomic mass is 19.1. The van der Waals surface area contributed by atoms with Gasteiger partial charge in [-0.1, -0.05) is 12.1 Å². The SMILES string of the molecule is N#CC(C(=O)CCCOc1cccc(F)c1)C(=O)Nc1ccccn1. The Morgan fingerprint density at radius 1 is 1.28 bits per heavy atom. The number of ether oxygens (including phenoxy) is 1. The van der Waals surface area contributed by atoms with Crippen LogP contribution in [0, 0.1) is 23.1 Å². The molecule has 6 nitrogen and oxygen atoms in total. The summed E-state index contributed by atoms with van der Waals surface area (Å²) in [6.07, 6.45) is 1.80. The molecule has 1 amide bonds. The van der Waals surface area contributed by atoms with E-state index >= 15 is 0 Å². The van der Waals surface area contributed by atoms with Crippen molar-refractivity contribution < 1.29 is 18.7 Å². The van der Waals surface area contributed by atoms with Crippen LogP contribution >= 0.6 is 0 Å². The van der Waals surface area contributed by atoms with E-state index in [4.69, 9.17) is 10.00 Å². The predicted molar refractivity (Wildman–Crippen MR) is 88.1 cm³/mol. The number of aromatic nitrogens is 1. The van der Waals surface area contributed by atoms with E-state index in [0.717, 1.165) is 0 Å². The standard InChI is InChI=1S/C18H16FN3O3/c19-13-5-3-6-14(11-13)25-10-4-7-16(23)15(12-20)18(24)22-17-8-1-2-9-21-17/h1-3,5-6,8-9,11,15H,4,7,10H2,(H,21,22,24). The van der Waals surface area contributed by atoms with Crippen LogP contribution < -0.4 is 10.1 Å². The molecule has 128 valence electrons. The Balaban J connectivity index is 1.79. The van der Waals surface area contributed by atoms with Crippen molar-refractivity contribution in [1.29, 1.82) is 5.26 Å². The molecule has 0 saturated heterocycles. The average Bonchev–Trinajstić information content (AvgIpc) is 2.60. The number of anilines is 1. The lowest BCUT2D eigenvalue weighted by Gasteiger charge is -2.09. The van der Waals surface area contributed by atoms with Crippen LogP contribution in [-0.2, 0) is 9.59 Å². The fourth-order valence-electron chi connectivity index (χ4n) is 2.05. The molecule has 2 aromatic rings. The van der Waals surface area contributed by atoms with Crippen molar-refractivity contribution in [3.63, 3.8) is 0 Å². The van der Waals surface area contributed by atoms with Gasteiger partial charge in [0.15, 0.2) is 11.7 Å². The van der Waals surface area contributed by atoms with Gasteiger partial charge < -0.3 is 10.1 Å². The van der Waals surface area contributed by atoms with E-state index in [1.807, 2.05) is 0 Å². The zero-order chi connectivity index (χ0) is 18.1. The largest absolute Gasteiger partial charge is 0.493 e. The number of pyridine rings is 1. The highest BCUT2D eigenvalue weighted by molar-refractivity contribution is 6.09. The van der Waals surface area contributed by atoms with E-state index in [-0.39, 0.29) is 18.8 Å². The number of nitrogens with one attached hydrogen (secondary N) is 1. The van der Waals surface area contributed by atoms with Crippen molar-refractivity contribution in [2.24, 2.45) is 5.92 Å². The highest BCUT2D eigenvalue weighted by Crippen LogP contribution is 2.13. The minimum Gasteiger partial charge on any atom is -0.493 e. The first-order valence-electron chi connectivity index (χ1n) is 7.63. The van der Waals surface area contributed by atoms with E-state index in [0.29, 0.717) is 12.2 Å². The van der Waals surface area contributed by atoms with Crippen molar-refractivity contribution in [2.75, 3.05) is 11.9 Å². The number of ketones is 1. The molecule has 25 heavy (non-hydrogen) atoms. The first-order chi connectivity index (χ1) is 12.1. The Kier molecular flexibility index (Phi) is 6.60. The molecular formula is C18H16FN3O3. The van der Waals surface area contributed by atoms with Gasteiger partial charge >= 0.3 is 0 Å². The number of benzene rings is 1. The summed E-state index contributed by atoms with van der Waals surface area (Å²) >= 11 is 0. The summed E-state index contributed by atoms with van der Waals surface area (Å²) in [7, 11) is 0. The zero-order valence-electron chi connectivity index (χ0n) is 13.3. The van der Waals surface area contributed by atoms with Crippen LogP contribution in [0.2, 0.25) is 0 Å². The Bertz CT molecular complexity index is 775. The normalized spacial score (nSPS) is 11.2. The number of nitriles is 1. The van der Waals surface area contributed by atoms with Crippen molar-refractivity contribution >= 4 is 17.5 Å². The van der Waals surface area contributed by atoms with E-state index in [1.54, 1.807) is 30.3 Å².